The van der Waals surface area contributed by atoms with Gasteiger partial charge in [0.1, 0.15) is 18.1 Å². The summed E-state index contributed by atoms with van der Waals surface area (Å²) in [5.41, 5.74) is 16.1. The average Bonchev–Trinajstić information content (AvgIpc) is 2.72. The van der Waals surface area contributed by atoms with E-state index in [1.807, 2.05) is 0 Å². The fourth-order valence-electron chi connectivity index (χ4n) is 2.59. The molecule has 0 aromatic carbocycles. The summed E-state index contributed by atoms with van der Waals surface area (Å²) in [5, 5.41) is 26.2. The molecule has 0 saturated carbocycles. The fourth-order valence-corrected chi connectivity index (χ4v) is 2.75. The quantitative estimate of drug-likeness (QED) is 0.0790. The second kappa shape index (κ2) is 15.4. The monoisotopic (exact) mass is 478 g/mol. The van der Waals surface area contributed by atoms with Crippen LogP contribution in [0.4, 0.5) is 0 Å². The van der Waals surface area contributed by atoms with E-state index in [1.54, 1.807) is 0 Å². The van der Waals surface area contributed by atoms with Crippen LogP contribution in [0.1, 0.15) is 39.0 Å². The predicted molar refractivity (Wildman–Crippen MR) is 118 cm³/mol. The molecule has 0 aliphatic rings. The lowest BCUT2D eigenvalue weighted by Crippen LogP contribution is -2.60. The van der Waals surface area contributed by atoms with Crippen molar-refractivity contribution in [2.24, 2.45) is 17.2 Å². The van der Waals surface area contributed by atoms with Gasteiger partial charge in [0, 0.05) is 12.2 Å². The molecule has 0 spiro atoms. The van der Waals surface area contributed by atoms with Gasteiger partial charge in [0.2, 0.25) is 23.6 Å². The number of rotatable bonds is 16. The number of primary amides is 1. The maximum absolute atomic E-state index is 12.8. The Balaban J connectivity index is 5.36. The first-order chi connectivity index (χ1) is 14.9. The van der Waals surface area contributed by atoms with E-state index in [2.05, 4.69) is 28.6 Å². The van der Waals surface area contributed by atoms with Gasteiger partial charge >= 0.3 is 5.97 Å². The highest BCUT2D eigenvalue weighted by Gasteiger charge is 2.32. The molecular formula is C18H34N6O7S. The van der Waals surface area contributed by atoms with Crippen LogP contribution in [-0.4, -0.2) is 82.4 Å². The van der Waals surface area contributed by atoms with Crippen molar-refractivity contribution in [1.29, 1.82) is 0 Å². The van der Waals surface area contributed by atoms with Crippen molar-refractivity contribution in [2.75, 3.05) is 12.3 Å². The first-order valence-electron chi connectivity index (χ1n) is 10.1. The van der Waals surface area contributed by atoms with Crippen LogP contribution in [0.5, 0.6) is 0 Å². The molecule has 0 rings (SSSR count). The van der Waals surface area contributed by atoms with Crippen LogP contribution in [0.2, 0.25) is 0 Å². The summed E-state index contributed by atoms with van der Waals surface area (Å²) in [6.07, 6.45) is -0.688. The Kier molecular flexibility index (Phi) is 14.2. The summed E-state index contributed by atoms with van der Waals surface area (Å²) in [6.45, 7) is 1.60. The standard InChI is InChI=1S/C18H34N6O7S/c1-9(25)14(17(29)23-12(18(30)31)5-6-13(21)26)24-16(28)11(4-2-3-7-19)22-15(27)10(20)8-32/h9-12,14,25,32H,2-8,19-20H2,1H3,(H2,21,26)(H,22,27)(H,23,29)(H,24,28)(H,30,31). The molecule has 0 radical (unpaired) electrons. The lowest BCUT2D eigenvalue weighted by atomic mass is 10.1. The van der Waals surface area contributed by atoms with E-state index in [9.17, 15) is 34.2 Å². The van der Waals surface area contributed by atoms with Crippen molar-refractivity contribution < 1.29 is 34.2 Å². The molecule has 0 aromatic rings. The second-order valence-electron chi connectivity index (χ2n) is 7.27. The van der Waals surface area contributed by atoms with E-state index in [0.29, 0.717) is 19.4 Å². The SMILES string of the molecule is CC(O)C(NC(=O)C(CCCCN)NC(=O)C(N)CS)C(=O)NC(CCC(N)=O)C(=O)O. The Bertz CT molecular complexity index is 664. The zero-order valence-electron chi connectivity index (χ0n) is 18.0. The van der Waals surface area contributed by atoms with E-state index in [1.165, 1.54) is 6.92 Å². The third-order valence-corrected chi connectivity index (χ3v) is 4.86. The molecular weight excluding hydrogens is 444 g/mol. The van der Waals surface area contributed by atoms with Gasteiger partial charge in [-0.15, -0.1) is 0 Å². The molecule has 0 aromatic heterocycles. The third kappa shape index (κ3) is 11.3. The maximum Gasteiger partial charge on any atom is 0.326 e. The number of aliphatic hydroxyl groups excluding tert-OH is 1. The molecule has 32 heavy (non-hydrogen) atoms. The summed E-state index contributed by atoms with van der Waals surface area (Å²) in [5.74, 6) is -4.49. The number of carbonyl (C=O) groups is 5. The third-order valence-electron chi connectivity index (χ3n) is 4.47. The molecule has 0 aliphatic heterocycles. The predicted octanol–water partition coefficient (Wildman–Crippen LogP) is -3.44. The van der Waals surface area contributed by atoms with E-state index >= 15 is 0 Å². The van der Waals surface area contributed by atoms with Gasteiger partial charge in [-0.3, -0.25) is 19.2 Å². The van der Waals surface area contributed by atoms with E-state index < -0.39 is 59.9 Å². The highest BCUT2D eigenvalue weighted by Crippen LogP contribution is 2.05. The normalized spacial score (nSPS) is 15.5. The van der Waals surface area contributed by atoms with Gasteiger partial charge in [-0.05, 0) is 39.2 Å². The number of hydrogen-bond acceptors (Lipinski definition) is 9. The summed E-state index contributed by atoms with van der Waals surface area (Å²) in [7, 11) is 0. The molecule has 0 bridgehead atoms. The van der Waals surface area contributed by atoms with Crippen LogP contribution in [0.15, 0.2) is 0 Å². The van der Waals surface area contributed by atoms with Crippen LogP contribution in [0.25, 0.3) is 0 Å². The van der Waals surface area contributed by atoms with E-state index in [-0.39, 0.29) is 25.0 Å². The molecule has 4 amide bonds. The second-order valence-corrected chi connectivity index (χ2v) is 7.63. The van der Waals surface area contributed by atoms with Crippen LogP contribution in [0, 0.1) is 0 Å². The highest BCUT2D eigenvalue weighted by atomic mass is 32.1. The number of hydrogen-bond donors (Lipinski definition) is 9. The smallest absolute Gasteiger partial charge is 0.326 e. The number of nitrogens with two attached hydrogens (primary N) is 3. The van der Waals surface area contributed by atoms with Crippen molar-refractivity contribution >= 4 is 42.2 Å². The lowest BCUT2D eigenvalue weighted by molar-refractivity contribution is -0.143. The Morgan fingerprint density at radius 1 is 0.938 bits per heavy atom. The van der Waals surface area contributed by atoms with Crippen LogP contribution in [0.3, 0.4) is 0 Å². The van der Waals surface area contributed by atoms with Crippen LogP contribution < -0.4 is 33.2 Å². The van der Waals surface area contributed by atoms with Gasteiger partial charge in [-0.2, -0.15) is 12.6 Å². The number of aliphatic carboxylic acids is 1. The number of amides is 4. The lowest BCUT2D eigenvalue weighted by Gasteiger charge is -2.26. The van der Waals surface area contributed by atoms with Crippen molar-refractivity contribution in [3.8, 4) is 0 Å². The zero-order chi connectivity index (χ0) is 24.8. The van der Waals surface area contributed by atoms with Gasteiger partial charge in [0.15, 0.2) is 0 Å². The molecule has 5 atom stereocenters. The zero-order valence-corrected chi connectivity index (χ0v) is 18.8. The molecule has 13 nitrogen and oxygen atoms in total. The van der Waals surface area contributed by atoms with E-state index in [4.69, 9.17) is 17.2 Å². The van der Waals surface area contributed by atoms with Crippen LogP contribution >= 0.6 is 12.6 Å². The number of nitrogens with one attached hydrogen (secondary N) is 3. The van der Waals surface area contributed by atoms with Gasteiger partial charge in [0.05, 0.1) is 12.1 Å². The Morgan fingerprint density at radius 2 is 1.53 bits per heavy atom. The van der Waals surface area contributed by atoms with Crippen molar-refractivity contribution in [3.05, 3.63) is 0 Å². The fraction of sp³-hybridized carbons (Fsp3) is 0.722. The van der Waals surface area contributed by atoms with Gasteiger partial charge in [-0.25, -0.2) is 4.79 Å². The Hall–Kier alpha value is -2.42. The number of carboxylic acid groups (broad SMARTS) is 1. The molecule has 184 valence electrons. The van der Waals surface area contributed by atoms with Crippen LogP contribution in [-0.2, 0) is 24.0 Å². The summed E-state index contributed by atoms with van der Waals surface area (Å²) < 4.78 is 0. The molecule has 0 saturated heterocycles. The molecule has 14 heteroatoms. The van der Waals surface area contributed by atoms with Gasteiger partial charge < -0.3 is 43.4 Å². The Labute approximate surface area is 191 Å². The number of aliphatic hydroxyl groups is 1. The first-order valence-corrected chi connectivity index (χ1v) is 10.7. The summed E-state index contributed by atoms with van der Waals surface area (Å²) in [6, 6.07) is -5.01. The minimum atomic E-state index is -1.52. The average molecular weight is 479 g/mol. The number of carboxylic acids is 1. The van der Waals surface area contributed by atoms with Crippen molar-refractivity contribution in [2.45, 2.75) is 69.3 Å². The first kappa shape index (κ1) is 29.6. The van der Waals surface area contributed by atoms with Crippen molar-refractivity contribution in [3.63, 3.8) is 0 Å². The molecule has 0 heterocycles. The topological polar surface area (TPSA) is 240 Å². The maximum atomic E-state index is 12.8. The van der Waals surface area contributed by atoms with Gasteiger partial charge in [0.25, 0.3) is 0 Å². The number of thiol groups is 1. The molecule has 0 aliphatic carbocycles. The number of unbranched alkanes of at least 4 members (excludes halogenated alkanes) is 1. The van der Waals surface area contributed by atoms with E-state index in [0.717, 1.165) is 0 Å². The largest absolute Gasteiger partial charge is 0.480 e. The molecule has 5 unspecified atom stereocenters. The molecule has 11 N–H and O–H groups in total. The minimum absolute atomic E-state index is 0.0452. The van der Waals surface area contributed by atoms with Gasteiger partial charge in [-0.1, -0.05) is 0 Å². The summed E-state index contributed by atoms with van der Waals surface area (Å²) >= 11 is 3.94. The minimum Gasteiger partial charge on any atom is -0.480 e. The summed E-state index contributed by atoms with van der Waals surface area (Å²) in [4.78, 5) is 59.6. The van der Waals surface area contributed by atoms with Crippen molar-refractivity contribution in [1.82, 2.24) is 16.0 Å². The highest BCUT2D eigenvalue weighted by molar-refractivity contribution is 7.80. The Morgan fingerprint density at radius 3 is 2.00 bits per heavy atom. The number of carbonyl (C=O) groups excluding carboxylic acids is 4. The molecule has 0 fully saturated rings.